The second-order valence-electron chi connectivity index (χ2n) is 8.14. The van der Waals surface area contributed by atoms with Crippen LogP contribution in [-0.2, 0) is 4.79 Å². The predicted molar refractivity (Wildman–Crippen MR) is 105 cm³/mol. The largest absolute Gasteiger partial charge is 0.368 e. The Kier molecular flexibility index (Phi) is 5.45. The molecule has 0 spiro atoms. The number of piperazine rings is 1. The summed E-state index contributed by atoms with van der Waals surface area (Å²) < 4.78 is 0. The van der Waals surface area contributed by atoms with Gasteiger partial charge in [0.2, 0.25) is 11.9 Å². The molecule has 148 valence electrons. The van der Waals surface area contributed by atoms with E-state index in [0.29, 0.717) is 18.4 Å². The van der Waals surface area contributed by atoms with E-state index in [-0.39, 0.29) is 11.9 Å². The molecule has 1 aliphatic carbocycles. The van der Waals surface area contributed by atoms with Crippen molar-refractivity contribution in [3.63, 3.8) is 0 Å². The number of anilines is 2. The Hall–Kier alpha value is -1.93. The topological polar surface area (TPSA) is 105 Å². The van der Waals surface area contributed by atoms with Crippen molar-refractivity contribution in [1.82, 2.24) is 19.8 Å². The Morgan fingerprint density at radius 1 is 1.04 bits per heavy atom. The van der Waals surface area contributed by atoms with Crippen molar-refractivity contribution in [2.75, 3.05) is 56.4 Å². The van der Waals surface area contributed by atoms with E-state index in [2.05, 4.69) is 25.8 Å². The van der Waals surface area contributed by atoms with Gasteiger partial charge in [0, 0.05) is 57.3 Å². The van der Waals surface area contributed by atoms with Gasteiger partial charge in [0.05, 0.1) is 12.2 Å². The molecule has 0 aromatic carbocycles. The lowest BCUT2D eigenvalue weighted by atomic mass is 9.78. The van der Waals surface area contributed by atoms with E-state index in [0.717, 1.165) is 76.5 Å². The number of aromatic nitrogens is 2. The van der Waals surface area contributed by atoms with E-state index >= 15 is 0 Å². The second kappa shape index (κ2) is 7.98. The molecule has 0 atom stereocenters. The molecule has 1 saturated carbocycles. The van der Waals surface area contributed by atoms with E-state index in [1.54, 1.807) is 0 Å². The number of piperidine rings is 1. The molecule has 1 amide bonds. The first-order chi connectivity index (χ1) is 13.1. The standard InChI is InChI=1S/C19H31N7O/c20-15-10-14(11-15)16-12-17(23-19(21)22-16)25-8-6-24(7-9-25)13-18(27)26-4-2-1-3-5-26/h12,14-15H,1-11,13,20H2,(H2,21,22,23). The molecule has 8 heteroatoms. The van der Waals surface area contributed by atoms with Crippen LogP contribution in [0, 0.1) is 0 Å². The van der Waals surface area contributed by atoms with Gasteiger partial charge in [-0.25, -0.2) is 4.98 Å². The van der Waals surface area contributed by atoms with Gasteiger partial charge in [-0.05, 0) is 32.1 Å². The van der Waals surface area contributed by atoms with Gasteiger partial charge >= 0.3 is 0 Å². The van der Waals surface area contributed by atoms with Crippen molar-refractivity contribution >= 4 is 17.7 Å². The molecule has 2 aliphatic heterocycles. The van der Waals surface area contributed by atoms with Gasteiger partial charge in [0.1, 0.15) is 5.82 Å². The summed E-state index contributed by atoms with van der Waals surface area (Å²) in [5.41, 5.74) is 12.9. The zero-order valence-electron chi connectivity index (χ0n) is 16.0. The van der Waals surface area contributed by atoms with Crippen LogP contribution in [0.5, 0.6) is 0 Å². The van der Waals surface area contributed by atoms with Crippen LogP contribution in [0.2, 0.25) is 0 Å². The summed E-state index contributed by atoms with van der Waals surface area (Å²) in [4.78, 5) is 27.9. The van der Waals surface area contributed by atoms with Gasteiger partial charge in [-0.1, -0.05) is 0 Å². The predicted octanol–water partition coefficient (Wildman–Crippen LogP) is 0.398. The minimum absolute atomic E-state index is 0.276. The zero-order chi connectivity index (χ0) is 18.8. The average Bonchev–Trinajstić information content (AvgIpc) is 2.66. The van der Waals surface area contributed by atoms with Crippen LogP contribution in [0.3, 0.4) is 0 Å². The molecule has 1 aromatic rings. The molecule has 8 nitrogen and oxygen atoms in total. The number of carbonyl (C=O) groups excluding carboxylic acids is 1. The highest BCUT2D eigenvalue weighted by atomic mass is 16.2. The minimum Gasteiger partial charge on any atom is -0.368 e. The lowest BCUT2D eigenvalue weighted by Crippen LogP contribution is -2.51. The maximum Gasteiger partial charge on any atom is 0.236 e. The van der Waals surface area contributed by atoms with Gasteiger partial charge in [-0.2, -0.15) is 4.98 Å². The van der Waals surface area contributed by atoms with E-state index in [1.165, 1.54) is 6.42 Å². The fraction of sp³-hybridized carbons (Fsp3) is 0.737. The zero-order valence-corrected chi connectivity index (χ0v) is 16.0. The molecule has 4 rings (SSSR count). The summed E-state index contributed by atoms with van der Waals surface area (Å²) in [5.74, 6) is 1.93. The van der Waals surface area contributed by atoms with E-state index in [1.807, 2.05) is 4.90 Å². The number of nitrogens with two attached hydrogens (primary N) is 2. The molecule has 3 fully saturated rings. The van der Waals surface area contributed by atoms with Crippen molar-refractivity contribution in [2.24, 2.45) is 5.73 Å². The first kappa shape index (κ1) is 18.4. The Balaban J connectivity index is 1.32. The number of rotatable bonds is 4. The summed E-state index contributed by atoms with van der Waals surface area (Å²) >= 11 is 0. The van der Waals surface area contributed by atoms with Crippen LogP contribution in [0.25, 0.3) is 0 Å². The number of hydrogen-bond acceptors (Lipinski definition) is 7. The van der Waals surface area contributed by atoms with E-state index < -0.39 is 0 Å². The molecule has 1 aromatic heterocycles. The van der Waals surface area contributed by atoms with E-state index in [9.17, 15) is 4.79 Å². The Bertz CT molecular complexity index is 662. The van der Waals surface area contributed by atoms with Crippen molar-refractivity contribution in [1.29, 1.82) is 0 Å². The minimum atomic E-state index is 0.276. The lowest BCUT2D eigenvalue weighted by Gasteiger charge is -2.37. The molecule has 0 radical (unpaired) electrons. The number of amides is 1. The van der Waals surface area contributed by atoms with Gasteiger partial charge in [0.25, 0.3) is 0 Å². The monoisotopic (exact) mass is 373 g/mol. The Morgan fingerprint density at radius 3 is 2.41 bits per heavy atom. The number of hydrogen-bond donors (Lipinski definition) is 2. The van der Waals surface area contributed by atoms with Crippen LogP contribution >= 0.6 is 0 Å². The summed E-state index contributed by atoms with van der Waals surface area (Å²) in [6.45, 7) is 5.82. The van der Waals surface area contributed by atoms with Crippen molar-refractivity contribution < 1.29 is 4.79 Å². The molecular formula is C19H31N7O. The lowest BCUT2D eigenvalue weighted by molar-refractivity contribution is -0.133. The smallest absolute Gasteiger partial charge is 0.236 e. The fourth-order valence-electron chi connectivity index (χ4n) is 4.32. The van der Waals surface area contributed by atoms with Crippen molar-refractivity contribution in [3.05, 3.63) is 11.8 Å². The SMILES string of the molecule is Nc1nc(C2CC(N)C2)cc(N2CCN(CC(=O)N3CCCCC3)CC2)n1. The molecule has 0 bridgehead atoms. The van der Waals surface area contributed by atoms with Crippen LogP contribution in [0.4, 0.5) is 11.8 Å². The first-order valence-corrected chi connectivity index (χ1v) is 10.2. The van der Waals surface area contributed by atoms with Crippen molar-refractivity contribution in [2.45, 2.75) is 44.1 Å². The van der Waals surface area contributed by atoms with Gasteiger partial charge in [0.15, 0.2) is 0 Å². The fourth-order valence-corrected chi connectivity index (χ4v) is 4.32. The third-order valence-corrected chi connectivity index (χ3v) is 6.11. The third kappa shape index (κ3) is 4.32. The maximum atomic E-state index is 12.5. The molecule has 27 heavy (non-hydrogen) atoms. The number of nitrogen functional groups attached to an aromatic ring is 1. The van der Waals surface area contributed by atoms with Crippen LogP contribution in [0.15, 0.2) is 6.07 Å². The summed E-state index contributed by atoms with van der Waals surface area (Å²) in [6.07, 6.45) is 5.48. The maximum absolute atomic E-state index is 12.5. The quantitative estimate of drug-likeness (QED) is 0.787. The number of carbonyl (C=O) groups is 1. The Morgan fingerprint density at radius 2 is 1.74 bits per heavy atom. The highest BCUT2D eigenvalue weighted by Gasteiger charge is 2.30. The molecule has 3 aliphatic rings. The number of likely N-dealkylation sites (tertiary alicyclic amines) is 1. The van der Waals surface area contributed by atoms with Gasteiger partial charge in [-0.15, -0.1) is 0 Å². The third-order valence-electron chi connectivity index (χ3n) is 6.11. The van der Waals surface area contributed by atoms with Crippen LogP contribution < -0.4 is 16.4 Å². The normalized spacial score (nSPS) is 26.7. The molecule has 4 N–H and O–H groups in total. The summed E-state index contributed by atoms with van der Waals surface area (Å²) in [5, 5.41) is 0. The highest BCUT2D eigenvalue weighted by Crippen LogP contribution is 2.35. The summed E-state index contributed by atoms with van der Waals surface area (Å²) in [6, 6.07) is 2.36. The first-order valence-electron chi connectivity index (χ1n) is 10.2. The molecular weight excluding hydrogens is 342 g/mol. The van der Waals surface area contributed by atoms with Crippen molar-refractivity contribution in [3.8, 4) is 0 Å². The molecule has 0 unspecified atom stereocenters. The van der Waals surface area contributed by atoms with Crippen LogP contribution in [0.1, 0.15) is 43.7 Å². The Labute approximate surface area is 160 Å². The summed E-state index contributed by atoms with van der Waals surface area (Å²) in [7, 11) is 0. The number of nitrogens with zero attached hydrogens (tertiary/aromatic N) is 5. The van der Waals surface area contributed by atoms with Gasteiger partial charge in [-0.3, -0.25) is 9.69 Å². The van der Waals surface area contributed by atoms with E-state index in [4.69, 9.17) is 11.5 Å². The molecule has 3 heterocycles. The average molecular weight is 374 g/mol. The highest BCUT2D eigenvalue weighted by molar-refractivity contribution is 5.78. The second-order valence-corrected chi connectivity index (χ2v) is 8.14. The molecule has 2 saturated heterocycles. The van der Waals surface area contributed by atoms with Crippen LogP contribution in [-0.4, -0.2) is 77.5 Å². The van der Waals surface area contributed by atoms with Gasteiger partial charge < -0.3 is 21.3 Å².